The Hall–Kier alpha value is -2.25. The monoisotopic (exact) mass is 352 g/mol. The highest BCUT2D eigenvalue weighted by Gasteiger charge is 2.32. The number of dihydropyridines is 1. The largest absolute Gasteiger partial charge is 0.353 e. The fourth-order valence-electron chi connectivity index (χ4n) is 3.00. The number of hydrogen-bond acceptors (Lipinski definition) is 4. The summed E-state index contributed by atoms with van der Waals surface area (Å²) in [4.78, 5) is 12.3. The summed E-state index contributed by atoms with van der Waals surface area (Å²) in [5.41, 5.74) is 4.36. The molecule has 0 radical (unpaired) electrons. The highest BCUT2D eigenvalue weighted by atomic mass is 32.2. The average molecular weight is 353 g/mol. The van der Waals surface area contributed by atoms with E-state index < -0.39 is 0 Å². The van der Waals surface area contributed by atoms with Gasteiger partial charge in [0, 0.05) is 17.0 Å². The molecular formula is C21H24N2OS. The summed E-state index contributed by atoms with van der Waals surface area (Å²) < 4.78 is 0. The van der Waals surface area contributed by atoms with Crippen LogP contribution in [0.5, 0.6) is 0 Å². The summed E-state index contributed by atoms with van der Waals surface area (Å²) in [5.74, 6) is 0.483. The molecule has 0 aromatic heterocycles. The Morgan fingerprint density at radius 3 is 2.56 bits per heavy atom. The number of thioether (sulfide) groups is 1. The minimum Gasteiger partial charge on any atom is -0.353 e. The Labute approximate surface area is 154 Å². The van der Waals surface area contributed by atoms with Gasteiger partial charge in [-0.2, -0.15) is 5.26 Å². The minimum absolute atomic E-state index is 0.000165. The van der Waals surface area contributed by atoms with Crippen molar-refractivity contribution < 1.29 is 4.79 Å². The second-order valence-corrected chi connectivity index (χ2v) is 7.01. The Balaban J connectivity index is 2.54. The van der Waals surface area contributed by atoms with Crippen LogP contribution in [0.1, 0.15) is 44.7 Å². The van der Waals surface area contributed by atoms with Gasteiger partial charge in [-0.15, -0.1) is 11.8 Å². The van der Waals surface area contributed by atoms with E-state index in [-0.39, 0.29) is 11.7 Å². The molecule has 25 heavy (non-hydrogen) atoms. The zero-order valence-electron chi connectivity index (χ0n) is 15.2. The Bertz CT molecular complexity index is 779. The predicted octanol–water partition coefficient (Wildman–Crippen LogP) is 4.84. The molecular weight excluding hydrogens is 328 g/mol. The SMILES string of the molecule is C/C=C/CSC1=C(C#N)[C@H](c2ccc(CC)cc2)C(C(C)=O)=C(C)N1. The fourth-order valence-corrected chi connectivity index (χ4v) is 4.00. The molecule has 1 aromatic rings. The van der Waals surface area contributed by atoms with E-state index in [0.29, 0.717) is 11.1 Å². The Kier molecular flexibility index (Phi) is 6.66. The number of aryl methyl sites for hydroxylation is 1. The van der Waals surface area contributed by atoms with Crippen molar-refractivity contribution in [3.8, 4) is 6.07 Å². The number of nitrogens with one attached hydrogen (secondary N) is 1. The summed E-state index contributed by atoms with van der Waals surface area (Å²) in [6.45, 7) is 7.57. The second kappa shape index (κ2) is 8.73. The van der Waals surface area contributed by atoms with Gasteiger partial charge in [0.25, 0.3) is 0 Å². The molecule has 0 amide bonds. The number of allylic oxidation sites excluding steroid dienone is 4. The van der Waals surface area contributed by atoms with Crippen LogP contribution in [0.2, 0.25) is 0 Å². The van der Waals surface area contributed by atoms with E-state index in [1.165, 1.54) is 5.56 Å². The van der Waals surface area contributed by atoms with Gasteiger partial charge in [0.2, 0.25) is 0 Å². The van der Waals surface area contributed by atoms with Gasteiger partial charge in [-0.1, -0.05) is 43.3 Å². The Morgan fingerprint density at radius 2 is 2.04 bits per heavy atom. The molecule has 0 aliphatic carbocycles. The van der Waals surface area contributed by atoms with Crippen LogP contribution in [0.25, 0.3) is 0 Å². The van der Waals surface area contributed by atoms with Crippen molar-refractivity contribution >= 4 is 17.5 Å². The number of carbonyl (C=O) groups excluding carboxylic acids is 1. The van der Waals surface area contributed by atoms with E-state index in [1.54, 1.807) is 18.7 Å². The second-order valence-electron chi connectivity index (χ2n) is 5.98. The molecule has 0 saturated carbocycles. The van der Waals surface area contributed by atoms with Crippen LogP contribution in [-0.2, 0) is 11.2 Å². The first-order valence-electron chi connectivity index (χ1n) is 8.49. The van der Waals surface area contributed by atoms with Crippen molar-refractivity contribution in [1.29, 1.82) is 5.26 Å². The van der Waals surface area contributed by atoms with Crippen LogP contribution in [0.15, 0.2) is 58.3 Å². The van der Waals surface area contributed by atoms with Gasteiger partial charge >= 0.3 is 0 Å². The van der Waals surface area contributed by atoms with E-state index in [1.807, 2.05) is 32.1 Å². The van der Waals surface area contributed by atoms with Crippen molar-refractivity contribution in [3.05, 3.63) is 69.4 Å². The van der Waals surface area contributed by atoms with Crippen LogP contribution in [0, 0.1) is 11.3 Å². The molecule has 3 nitrogen and oxygen atoms in total. The van der Waals surface area contributed by atoms with Gasteiger partial charge < -0.3 is 5.32 Å². The van der Waals surface area contributed by atoms with Crippen molar-refractivity contribution in [3.63, 3.8) is 0 Å². The predicted molar refractivity (Wildman–Crippen MR) is 105 cm³/mol. The molecule has 1 N–H and O–H groups in total. The zero-order valence-corrected chi connectivity index (χ0v) is 16.0. The number of nitrogens with zero attached hydrogens (tertiary/aromatic N) is 1. The first kappa shape index (κ1) is 19.1. The first-order chi connectivity index (χ1) is 12.0. The third-order valence-electron chi connectivity index (χ3n) is 4.31. The lowest BCUT2D eigenvalue weighted by atomic mass is 9.81. The third kappa shape index (κ3) is 4.24. The maximum Gasteiger partial charge on any atom is 0.158 e. The van der Waals surface area contributed by atoms with E-state index in [2.05, 4.69) is 36.5 Å². The smallest absolute Gasteiger partial charge is 0.158 e. The summed E-state index contributed by atoms with van der Waals surface area (Å²) in [6, 6.07) is 10.6. The molecule has 1 aliphatic rings. The van der Waals surface area contributed by atoms with Crippen LogP contribution < -0.4 is 5.32 Å². The van der Waals surface area contributed by atoms with E-state index in [0.717, 1.165) is 28.5 Å². The van der Waals surface area contributed by atoms with Gasteiger partial charge in [-0.25, -0.2) is 0 Å². The number of nitriles is 1. The number of ketones is 1. The van der Waals surface area contributed by atoms with Crippen molar-refractivity contribution in [2.24, 2.45) is 0 Å². The molecule has 4 heteroatoms. The first-order valence-corrected chi connectivity index (χ1v) is 9.47. The standard InChI is InChI=1S/C21H24N2OS/c1-5-7-12-25-21-18(13-22)20(19(15(4)24)14(3)23-21)17-10-8-16(6-2)9-11-17/h5,7-11,20,23H,6,12H2,1-4H3/b7-5+/t20-/m0/s1. The highest BCUT2D eigenvalue weighted by Crippen LogP contribution is 2.40. The summed E-state index contributed by atoms with van der Waals surface area (Å²) >= 11 is 1.59. The molecule has 2 rings (SSSR count). The number of carbonyl (C=O) groups is 1. The third-order valence-corrected chi connectivity index (χ3v) is 5.28. The molecule has 0 bridgehead atoms. The fraction of sp³-hybridized carbons (Fsp3) is 0.333. The summed E-state index contributed by atoms with van der Waals surface area (Å²) in [5, 5.41) is 13.9. The van der Waals surface area contributed by atoms with Crippen molar-refractivity contribution in [2.45, 2.75) is 40.0 Å². The van der Waals surface area contributed by atoms with Gasteiger partial charge in [0.1, 0.15) is 0 Å². The molecule has 0 unspecified atom stereocenters. The number of benzene rings is 1. The van der Waals surface area contributed by atoms with Crippen LogP contribution in [0.3, 0.4) is 0 Å². The van der Waals surface area contributed by atoms with Gasteiger partial charge in [-0.3, -0.25) is 4.79 Å². The molecule has 1 heterocycles. The molecule has 130 valence electrons. The molecule has 0 fully saturated rings. The number of hydrogen-bond donors (Lipinski definition) is 1. The maximum absolute atomic E-state index is 12.3. The maximum atomic E-state index is 12.3. The summed E-state index contributed by atoms with van der Waals surface area (Å²) in [7, 11) is 0. The zero-order chi connectivity index (χ0) is 18.4. The minimum atomic E-state index is -0.303. The van der Waals surface area contributed by atoms with E-state index >= 15 is 0 Å². The van der Waals surface area contributed by atoms with Crippen LogP contribution >= 0.6 is 11.8 Å². The summed E-state index contributed by atoms with van der Waals surface area (Å²) in [6.07, 6.45) is 5.01. The molecule has 0 spiro atoms. The van der Waals surface area contributed by atoms with Crippen LogP contribution in [0.4, 0.5) is 0 Å². The highest BCUT2D eigenvalue weighted by molar-refractivity contribution is 8.03. The molecule has 1 aromatic carbocycles. The van der Waals surface area contributed by atoms with Gasteiger partial charge in [0.05, 0.1) is 22.6 Å². The quantitative estimate of drug-likeness (QED) is 0.744. The van der Waals surface area contributed by atoms with E-state index in [9.17, 15) is 10.1 Å². The lowest BCUT2D eigenvalue weighted by Crippen LogP contribution is -2.27. The number of rotatable bonds is 6. The lowest BCUT2D eigenvalue weighted by molar-refractivity contribution is -0.113. The molecule has 1 atom stereocenters. The topological polar surface area (TPSA) is 52.9 Å². The normalized spacial score (nSPS) is 17.6. The van der Waals surface area contributed by atoms with Crippen LogP contribution in [-0.4, -0.2) is 11.5 Å². The van der Waals surface area contributed by atoms with Crippen molar-refractivity contribution in [1.82, 2.24) is 5.32 Å². The lowest BCUT2D eigenvalue weighted by Gasteiger charge is -2.29. The van der Waals surface area contributed by atoms with Gasteiger partial charge in [0.15, 0.2) is 5.78 Å². The number of Topliss-reactive ketones (excluding diaryl/α,β-unsaturated/α-hetero) is 1. The average Bonchev–Trinajstić information content (AvgIpc) is 2.61. The molecule has 0 saturated heterocycles. The van der Waals surface area contributed by atoms with E-state index in [4.69, 9.17) is 0 Å². The molecule has 1 aliphatic heterocycles. The van der Waals surface area contributed by atoms with Crippen molar-refractivity contribution in [2.75, 3.05) is 5.75 Å². The van der Waals surface area contributed by atoms with Gasteiger partial charge in [-0.05, 0) is 38.3 Å². The Morgan fingerprint density at radius 1 is 1.36 bits per heavy atom.